The molecular formula is C16H24FNO. The number of hydrogen-bond donors (Lipinski definition) is 2. The molecule has 1 aromatic rings. The fraction of sp³-hybridized carbons (Fsp3) is 0.625. The molecule has 19 heavy (non-hydrogen) atoms. The summed E-state index contributed by atoms with van der Waals surface area (Å²) in [6.45, 7) is 4.86. The van der Waals surface area contributed by atoms with Crippen LogP contribution in [0.15, 0.2) is 18.2 Å². The third-order valence-electron chi connectivity index (χ3n) is 3.98. The third kappa shape index (κ3) is 4.29. The maximum absolute atomic E-state index is 13.3. The van der Waals surface area contributed by atoms with E-state index in [0.29, 0.717) is 12.5 Å². The lowest BCUT2D eigenvalue weighted by Crippen LogP contribution is -2.42. The lowest BCUT2D eigenvalue weighted by Gasteiger charge is -2.32. The van der Waals surface area contributed by atoms with E-state index in [4.69, 9.17) is 0 Å². The van der Waals surface area contributed by atoms with Crippen molar-refractivity contribution in [3.05, 3.63) is 35.1 Å². The van der Waals surface area contributed by atoms with Crippen molar-refractivity contribution >= 4 is 0 Å². The molecule has 1 aromatic carbocycles. The van der Waals surface area contributed by atoms with Crippen LogP contribution in [0.1, 0.15) is 43.7 Å². The van der Waals surface area contributed by atoms with E-state index in [1.807, 2.05) is 13.8 Å². The van der Waals surface area contributed by atoms with E-state index in [2.05, 4.69) is 5.32 Å². The van der Waals surface area contributed by atoms with Crippen molar-refractivity contribution in [1.82, 2.24) is 5.32 Å². The standard InChI is InChI=1S/C16H24FNO/c1-12-6-7-14(17)9-13(12)10-16(2,19)11-15-5-3-4-8-18-15/h6-7,9,15,18-19H,3-5,8,10-11H2,1-2H3. The minimum absolute atomic E-state index is 0.229. The number of piperidine rings is 1. The molecule has 0 bridgehead atoms. The van der Waals surface area contributed by atoms with Crippen LogP contribution in [0.5, 0.6) is 0 Å². The Hall–Kier alpha value is -0.930. The van der Waals surface area contributed by atoms with Crippen LogP contribution in [0.4, 0.5) is 4.39 Å². The van der Waals surface area contributed by atoms with Gasteiger partial charge in [0, 0.05) is 12.5 Å². The van der Waals surface area contributed by atoms with Gasteiger partial charge in [0.25, 0.3) is 0 Å². The largest absolute Gasteiger partial charge is 0.390 e. The van der Waals surface area contributed by atoms with Crippen molar-refractivity contribution < 1.29 is 9.50 Å². The van der Waals surface area contributed by atoms with Crippen LogP contribution in [0.2, 0.25) is 0 Å². The molecule has 0 saturated carbocycles. The molecule has 1 aliphatic rings. The Labute approximate surface area is 115 Å². The fourth-order valence-electron chi connectivity index (χ4n) is 2.94. The minimum Gasteiger partial charge on any atom is -0.390 e. The molecule has 3 heteroatoms. The van der Waals surface area contributed by atoms with Gasteiger partial charge in [-0.1, -0.05) is 12.5 Å². The monoisotopic (exact) mass is 265 g/mol. The predicted molar refractivity (Wildman–Crippen MR) is 75.7 cm³/mol. The first-order chi connectivity index (χ1) is 8.96. The number of aliphatic hydroxyl groups is 1. The first-order valence-corrected chi connectivity index (χ1v) is 7.17. The van der Waals surface area contributed by atoms with Crippen molar-refractivity contribution in [3.8, 4) is 0 Å². The number of benzene rings is 1. The van der Waals surface area contributed by atoms with Crippen molar-refractivity contribution in [2.75, 3.05) is 6.54 Å². The van der Waals surface area contributed by atoms with Gasteiger partial charge in [0.05, 0.1) is 5.60 Å². The number of nitrogens with one attached hydrogen (secondary N) is 1. The highest BCUT2D eigenvalue weighted by atomic mass is 19.1. The zero-order chi connectivity index (χ0) is 13.9. The second-order valence-electron chi connectivity index (χ2n) is 6.10. The van der Waals surface area contributed by atoms with Crippen LogP contribution in [-0.2, 0) is 6.42 Å². The smallest absolute Gasteiger partial charge is 0.123 e. The van der Waals surface area contributed by atoms with Crippen LogP contribution in [0, 0.1) is 12.7 Å². The Balaban J connectivity index is 2.00. The van der Waals surface area contributed by atoms with Gasteiger partial charge in [0.1, 0.15) is 5.82 Å². The van der Waals surface area contributed by atoms with E-state index < -0.39 is 5.60 Å². The lowest BCUT2D eigenvalue weighted by molar-refractivity contribution is 0.0369. The molecule has 0 radical (unpaired) electrons. The van der Waals surface area contributed by atoms with Crippen molar-refractivity contribution in [3.63, 3.8) is 0 Å². The number of halogens is 1. The van der Waals surface area contributed by atoms with Gasteiger partial charge in [-0.05, 0) is 62.9 Å². The van der Waals surface area contributed by atoms with Gasteiger partial charge < -0.3 is 10.4 Å². The first kappa shape index (κ1) is 14.5. The zero-order valence-corrected chi connectivity index (χ0v) is 11.9. The lowest BCUT2D eigenvalue weighted by atomic mass is 9.86. The summed E-state index contributed by atoms with van der Waals surface area (Å²) in [5.41, 5.74) is 1.16. The number of rotatable bonds is 4. The minimum atomic E-state index is -0.784. The van der Waals surface area contributed by atoms with Crippen molar-refractivity contribution in [2.24, 2.45) is 0 Å². The second-order valence-corrected chi connectivity index (χ2v) is 6.10. The summed E-state index contributed by atoms with van der Waals surface area (Å²) in [5, 5.41) is 14.0. The molecule has 106 valence electrons. The summed E-state index contributed by atoms with van der Waals surface area (Å²) < 4.78 is 13.3. The predicted octanol–water partition coefficient (Wildman–Crippen LogP) is 2.96. The molecular weight excluding hydrogens is 241 g/mol. The first-order valence-electron chi connectivity index (χ1n) is 7.17. The van der Waals surface area contributed by atoms with Crippen LogP contribution in [0.3, 0.4) is 0 Å². The van der Waals surface area contributed by atoms with Gasteiger partial charge in [-0.15, -0.1) is 0 Å². The molecule has 0 amide bonds. The van der Waals surface area contributed by atoms with Crippen molar-refractivity contribution in [2.45, 2.75) is 57.6 Å². The Kier molecular flexibility index (Phi) is 4.58. The molecule has 2 nitrogen and oxygen atoms in total. The Morgan fingerprint density at radius 3 is 2.89 bits per heavy atom. The third-order valence-corrected chi connectivity index (χ3v) is 3.98. The molecule has 1 heterocycles. The molecule has 1 fully saturated rings. The summed E-state index contributed by atoms with van der Waals surface area (Å²) in [6.07, 6.45) is 4.81. The average molecular weight is 265 g/mol. The SMILES string of the molecule is Cc1ccc(F)cc1CC(C)(O)CC1CCCCN1. The number of hydrogen-bond acceptors (Lipinski definition) is 2. The highest BCUT2D eigenvalue weighted by molar-refractivity contribution is 5.28. The molecule has 0 aliphatic carbocycles. The van der Waals surface area contributed by atoms with Gasteiger partial charge in [0.2, 0.25) is 0 Å². The van der Waals surface area contributed by atoms with Crippen LogP contribution >= 0.6 is 0 Å². The van der Waals surface area contributed by atoms with Crippen LogP contribution < -0.4 is 5.32 Å². The van der Waals surface area contributed by atoms with E-state index in [1.54, 1.807) is 6.07 Å². The molecule has 2 unspecified atom stereocenters. The molecule has 2 rings (SSSR count). The average Bonchev–Trinajstić information content (AvgIpc) is 2.34. The molecule has 0 aromatic heterocycles. The quantitative estimate of drug-likeness (QED) is 0.877. The van der Waals surface area contributed by atoms with E-state index in [9.17, 15) is 9.50 Å². The van der Waals surface area contributed by atoms with E-state index in [-0.39, 0.29) is 5.82 Å². The summed E-state index contributed by atoms with van der Waals surface area (Å²) in [5.74, 6) is -0.229. The Morgan fingerprint density at radius 2 is 2.21 bits per heavy atom. The Bertz CT molecular complexity index is 425. The maximum Gasteiger partial charge on any atom is 0.123 e. The maximum atomic E-state index is 13.3. The summed E-state index contributed by atoms with van der Waals surface area (Å²) in [4.78, 5) is 0. The summed E-state index contributed by atoms with van der Waals surface area (Å²) in [6, 6.07) is 5.17. The zero-order valence-electron chi connectivity index (χ0n) is 11.9. The molecule has 2 atom stereocenters. The Morgan fingerprint density at radius 1 is 1.42 bits per heavy atom. The second kappa shape index (κ2) is 6.02. The summed E-state index contributed by atoms with van der Waals surface area (Å²) >= 11 is 0. The molecule has 2 N–H and O–H groups in total. The van der Waals surface area contributed by atoms with Gasteiger partial charge in [-0.3, -0.25) is 0 Å². The summed E-state index contributed by atoms with van der Waals surface area (Å²) in [7, 11) is 0. The van der Waals surface area contributed by atoms with Crippen LogP contribution in [-0.4, -0.2) is 23.3 Å². The molecule has 0 spiro atoms. The van der Waals surface area contributed by atoms with E-state index in [0.717, 1.165) is 30.5 Å². The van der Waals surface area contributed by atoms with E-state index >= 15 is 0 Å². The van der Waals surface area contributed by atoms with Gasteiger partial charge in [0.15, 0.2) is 0 Å². The highest BCUT2D eigenvalue weighted by Crippen LogP contribution is 2.24. The highest BCUT2D eigenvalue weighted by Gasteiger charge is 2.27. The van der Waals surface area contributed by atoms with E-state index in [1.165, 1.54) is 25.0 Å². The van der Waals surface area contributed by atoms with Gasteiger partial charge in [-0.2, -0.15) is 0 Å². The number of aryl methyl sites for hydroxylation is 1. The van der Waals surface area contributed by atoms with Gasteiger partial charge in [-0.25, -0.2) is 4.39 Å². The topological polar surface area (TPSA) is 32.3 Å². The fourth-order valence-corrected chi connectivity index (χ4v) is 2.94. The van der Waals surface area contributed by atoms with Crippen molar-refractivity contribution in [1.29, 1.82) is 0 Å². The molecule has 1 aliphatic heterocycles. The van der Waals surface area contributed by atoms with Gasteiger partial charge >= 0.3 is 0 Å². The molecule has 1 saturated heterocycles. The van der Waals surface area contributed by atoms with Crippen LogP contribution in [0.25, 0.3) is 0 Å². The normalized spacial score (nSPS) is 23.1.